The van der Waals surface area contributed by atoms with Gasteiger partial charge in [-0.25, -0.2) is 0 Å². The number of piperazine rings is 1. The number of hydrogen-bond donors (Lipinski definition) is 1. The molecule has 0 bridgehead atoms. The van der Waals surface area contributed by atoms with E-state index in [0.29, 0.717) is 32.0 Å². The molecular formula is C22H24N6O2. The molecule has 1 aromatic carbocycles. The van der Waals surface area contributed by atoms with Crippen molar-refractivity contribution in [3.8, 4) is 5.75 Å². The molecule has 1 N–H and O–H groups in total. The molecule has 0 spiro atoms. The zero-order chi connectivity index (χ0) is 20.8. The van der Waals surface area contributed by atoms with Gasteiger partial charge in [0.05, 0.1) is 11.9 Å². The summed E-state index contributed by atoms with van der Waals surface area (Å²) in [7, 11) is 0. The third kappa shape index (κ3) is 4.83. The quantitative estimate of drug-likeness (QED) is 0.676. The molecule has 4 rings (SSSR count). The number of carbonyl (C=O) groups is 1. The van der Waals surface area contributed by atoms with E-state index in [2.05, 4.69) is 25.4 Å². The highest BCUT2D eigenvalue weighted by Crippen LogP contribution is 2.18. The minimum Gasteiger partial charge on any atom is -0.484 e. The summed E-state index contributed by atoms with van der Waals surface area (Å²) in [5.74, 6) is 2.21. The Kier molecular flexibility index (Phi) is 6.03. The standard InChI is InChI=1S/C22H24N6O2/c1-17-5-2-3-7-19(17)30-16-22(29)28-13-11-27(12-14-28)21-9-8-20(25-26-21)24-18-6-4-10-23-15-18/h2-10,15H,11-14,16H2,1H3,(H,24,25). The highest BCUT2D eigenvalue weighted by molar-refractivity contribution is 5.78. The minimum absolute atomic E-state index is 0.00000532. The molecule has 0 radical (unpaired) electrons. The highest BCUT2D eigenvalue weighted by atomic mass is 16.5. The number of carbonyl (C=O) groups excluding carboxylic acids is 1. The third-order valence-corrected chi connectivity index (χ3v) is 4.99. The van der Waals surface area contributed by atoms with Gasteiger partial charge in [0, 0.05) is 32.4 Å². The van der Waals surface area contributed by atoms with E-state index in [4.69, 9.17) is 4.74 Å². The van der Waals surface area contributed by atoms with Crippen LogP contribution in [0.2, 0.25) is 0 Å². The van der Waals surface area contributed by atoms with E-state index < -0.39 is 0 Å². The molecule has 8 heteroatoms. The van der Waals surface area contributed by atoms with Gasteiger partial charge in [0.2, 0.25) is 0 Å². The van der Waals surface area contributed by atoms with E-state index in [9.17, 15) is 4.79 Å². The Bertz CT molecular complexity index is 972. The van der Waals surface area contributed by atoms with Gasteiger partial charge in [0.1, 0.15) is 5.75 Å². The molecule has 1 aliphatic rings. The summed E-state index contributed by atoms with van der Waals surface area (Å²) in [5.41, 5.74) is 1.88. The van der Waals surface area contributed by atoms with Crippen LogP contribution in [0.3, 0.4) is 0 Å². The molecule has 0 saturated carbocycles. The lowest BCUT2D eigenvalue weighted by Crippen LogP contribution is -2.50. The van der Waals surface area contributed by atoms with E-state index >= 15 is 0 Å². The van der Waals surface area contributed by atoms with Crippen LogP contribution < -0.4 is 15.0 Å². The molecule has 3 aromatic rings. The number of aryl methyl sites for hydroxylation is 1. The molecule has 0 atom stereocenters. The van der Waals surface area contributed by atoms with Crippen LogP contribution in [0.5, 0.6) is 5.75 Å². The average Bonchev–Trinajstić information content (AvgIpc) is 2.80. The van der Waals surface area contributed by atoms with Crippen molar-refractivity contribution in [2.75, 3.05) is 43.0 Å². The predicted octanol–water partition coefficient (Wildman–Crippen LogP) is 2.65. The maximum Gasteiger partial charge on any atom is 0.260 e. The highest BCUT2D eigenvalue weighted by Gasteiger charge is 2.22. The van der Waals surface area contributed by atoms with Crippen molar-refractivity contribution in [1.82, 2.24) is 20.1 Å². The van der Waals surface area contributed by atoms with Crippen molar-refractivity contribution < 1.29 is 9.53 Å². The average molecular weight is 404 g/mol. The number of nitrogens with zero attached hydrogens (tertiary/aromatic N) is 5. The van der Waals surface area contributed by atoms with Crippen LogP contribution in [0.4, 0.5) is 17.3 Å². The maximum atomic E-state index is 12.5. The first kappa shape index (κ1) is 19.6. The van der Waals surface area contributed by atoms with Gasteiger partial charge in [-0.2, -0.15) is 0 Å². The minimum atomic E-state index is 0.00000532. The second-order valence-corrected chi connectivity index (χ2v) is 7.07. The number of aromatic nitrogens is 3. The van der Waals surface area contributed by atoms with Crippen molar-refractivity contribution in [1.29, 1.82) is 0 Å². The number of hydrogen-bond acceptors (Lipinski definition) is 7. The van der Waals surface area contributed by atoms with Gasteiger partial charge in [-0.1, -0.05) is 18.2 Å². The molecule has 1 amide bonds. The van der Waals surface area contributed by atoms with Crippen LogP contribution >= 0.6 is 0 Å². The van der Waals surface area contributed by atoms with Crippen molar-refractivity contribution in [3.05, 3.63) is 66.5 Å². The van der Waals surface area contributed by atoms with Gasteiger partial charge < -0.3 is 19.9 Å². The summed E-state index contributed by atoms with van der Waals surface area (Å²) in [4.78, 5) is 20.5. The van der Waals surface area contributed by atoms with Crippen molar-refractivity contribution in [2.24, 2.45) is 0 Å². The molecule has 154 valence electrons. The van der Waals surface area contributed by atoms with Crippen molar-refractivity contribution in [3.63, 3.8) is 0 Å². The van der Waals surface area contributed by atoms with Crippen LogP contribution in [0, 0.1) is 6.92 Å². The summed E-state index contributed by atoms with van der Waals surface area (Å²) in [6, 6.07) is 15.3. The summed E-state index contributed by atoms with van der Waals surface area (Å²) in [5, 5.41) is 11.7. The van der Waals surface area contributed by atoms with E-state index in [-0.39, 0.29) is 12.5 Å². The predicted molar refractivity (Wildman–Crippen MR) is 115 cm³/mol. The number of rotatable bonds is 6. The monoisotopic (exact) mass is 404 g/mol. The van der Waals surface area contributed by atoms with Gasteiger partial charge >= 0.3 is 0 Å². The number of pyridine rings is 1. The maximum absolute atomic E-state index is 12.5. The number of anilines is 3. The Balaban J connectivity index is 1.27. The fourth-order valence-corrected chi connectivity index (χ4v) is 3.28. The number of amides is 1. The summed E-state index contributed by atoms with van der Waals surface area (Å²) >= 11 is 0. The van der Waals surface area contributed by atoms with E-state index in [1.54, 1.807) is 12.4 Å². The normalized spacial score (nSPS) is 13.8. The van der Waals surface area contributed by atoms with Crippen LogP contribution in [0.15, 0.2) is 60.9 Å². The molecule has 30 heavy (non-hydrogen) atoms. The van der Waals surface area contributed by atoms with Gasteiger partial charge in [0.15, 0.2) is 18.2 Å². The first-order valence-corrected chi connectivity index (χ1v) is 9.91. The molecule has 2 aromatic heterocycles. The molecule has 1 fully saturated rings. The lowest BCUT2D eigenvalue weighted by Gasteiger charge is -2.35. The van der Waals surface area contributed by atoms with Gasteiger partial charge in [-0.15, -0.1) is 10.2 Å². The molecule has 8 nitrogen and oxygen atoms in total. The molecule has 0 unspecified atom stereocenters. The first-order chi connectivity index (χ1) is 14.7. The summed E-state index contributed by atoms with van der Waals surface area (Å²) < 4.78 is 5.69. The number of benzene rings is 1. The zero-order valence-corrected chi connectivity index (χ0v) is 16.9. The third-order valence-electron chi connectivity index (χ3n) is 4.99. The Morgan fingerprint density at radius 2 is 1.87 bits per heavy atom. The lowest BCUT2D eigenvalue weighted by atomic mass is 10.2. The molecule has 3 heterocycles. The molecule has 0 aliphatic carbocycles. The molecule has 1 aliphatic heterocycles. The molecular weight excluding hydrogens is 380 g/mol. The largest absolute Gasteiger partial charge is 0.484 e. The number of nitrogens with one attached hydrogen (secondary N) is 1. The van der Waals surface area contributed by atoms with Crippen molar-refractivity contribution >= 4 is 23.2 Å². The lowest BCUT2D eigenvalue weighted by molar-refractivity contribution is -0.133. The zero-order valence-electron chi connectivity index (χ0n) is 16.9. The van der Waals surface area contributed by atoms with E-state index in [0.717, 1.165) is 22.8 Å². The Morgan fingerprint density at radius 3 is 2.57 bits per heavy atom. The first-order valence-electron chi connectivity index (χ1n) is 9.91. The van der Waals surface area contributed by atoms with Crippen LogP contribution in [-0.2, 0) is 4.79 Å². The summed E-state index contributed by atoms with van der Waals surface area (Å²) in [6.45, 7) is 4.71. The van der Waals surface area contributed by atoms with E-state index in [1.165, 1.54) is 0 Å². The Morgan fingerprint density at radius 1 is 1.03 bits per heavy atom. The number of para-hydroxylation sites is 1. The SMILES string of the molecule is Cc1ccccc1OCC(=O)N1CCN(c2ccc(Nc3cccnc3)nn2)CC1. The second-order valence-electron chi connectivity index (χ2n) is 7.07. The Labute approximate surface area is 175 Å². The smallest absolute Gasteiger partial charge is 0.260 e. The fourth-order valence-electron chi connectivity index (χ4n) is 3.28. The van der Waals surface area contributed by atoms with Crippen LogP contribution in [0.1, 0.15) is 5.56 Å². The fraction of sp³-hybridized carbons (Fsp3) is 0.273. The van der Waals surface area contributed by atoms with Gasteiger partial charge in [-0.05, 0) is 42.8 Å². The van der Waals surface area contributed by atoms with Gasteiger partial charge in [-0.3, -0.25) is 9.78 Å². The second kappa shape index (κ2) is 9.21. The summed E-state index contributed by atoms with van der Waals surface area (Å²) in [6.07, 6.45) is 3.45. The van der Waals surface area contributed by atoms with Gasteiger partial charge in [0.25, 0.3) is 5.91 Å². The van der Waals surface area contributed by atoms with Crippen LogP contribution in [-0.4, -0.2) is 58.8 Å². The van der Waals surface area contributed by atoms with Crippen LogP contribution in [0.25, 0.3) is 0 Å². The Hall–Kier alpha value is -3.68. The van der Waals surface area contributed by atoms with E-state index in [1.807, 2.05) is 60.4 Å². The topological polar surface area (TPSA) is 83.5 Å². The van der Waals surface area contributed by atoms with Crippen molar-refractivity contribution in [2.45, 2.75) is 6.92 Å². The number of ether oxygens (including phenoxy) is 1. The molecule has 1 saturated heterocycles.